The summed E-state index contributed by atoms with van der Waals surface area (Å²) in [7, 11) is 1.68. The molecule has 7 heteroatoms. The zero-order valence-corrected chi connectivity index (χ0v) is 14.3. The number of amides is 1. The van der Waals surface area contributed by atoms with Gasteiger partial charge in [0, 0.05) is 31.9 Å². The molecule has 0 saturated carbocycles. The number of nitrogens with one attached hydrogen (secondary N) is 1. The van der Waals surface area contributed by atoms with Crippen molar-refractivity contribution in [3.63, 3.8) is 0 Å². The summed E-state index contributed by atoms with van der Waals surface area (Å²) in [6.07, 6.45) is 2.51. The van der Waals surface area contributed by atoms with E-state index in [4.69, 9.17) is 0 Å². The lowest BCUT2D eigenvalue weighted by Gasteiger charge is -2.17. The standard InChI is InChI=1S/C15H24N4O2S/c1-11-10-13(20)18(3)15(17-11)22-12(2)14(21)16-6-9-19-7-4-5-8-19/h10,12H,4-9H2,1-3H3,(H,16,21). The minimum atomic E-state index is -0.279. The van der Waals surface area contributed by atoms with E-state index < -0.39 is 0 Å². The Bertz CT molecular complexity index is 581. The first-order valence-corrected chi connectivity index (χ1v) is 8.56. The molecule has 0 bridgehead atoms. The highest BCUT2D eigenvalue weighted by molar-refractivity contribution is 8.00. The Hall–Kier alpha value is -1.34. The van der Waals surface area contributed by atoms with E-state index in [2.05, 4.69) is 15.2 Å². The number of likely N-dealkylation sites (tertiary alicyclic amines) is 1. The fourth-order valence-corrected chi connectivity index (χ4v) is 3.38. The van der Waals surface area contributed by atoms with Crippen LogP contribution in [-0.2, 0) is 11.8 Å². The molecule has 0 radical (unpaired) electrons. The lowest BCUT2D eigenvalue weighted by atomic mass is 10.4. The van der Waals surface area contributed by atoms with Gasteiger partial charge in [0.1, 0.15) is 0 Å². The SMILES string of the molecule is Cc1cc(=O)n(C)c(SC(C)C(=O)NCCN2CCCC2)n1. The maximum atomic E-state index is 12.1. The lowest BCUT2D eigenvalue weighted by Crippen LogP contribution is -2.37. The molecule has 2 rings (SSSR count). The Morgan fingerprint density at radius 3 is 2.82 bits per heavy atom. The molecule has 1 fully saturated rings. The monoisotopic (exact) mass is 324 g/mol. The Morgan fingerprint density at radius 1 is 1.45 bits per heavy atom. The molecule has 0 aliphatic carbocycles. The van der Waals surface area contributed by atoms with Crippen LogP contribution >= 0.6 is 11.8 Å². The zero-order valence-electron chi connectivity index (χ0n) is 13.5. The van der Waals surface area contributed by atoms with Crippen LogP contribution in [0.3, 0.4) is 0 Å². The van der Waals surface area contributed by atoms with Crippen molar-refractivity contribution < 1.29 is 4.79 Å². The van der Waals surface area contributed by atoms with Crippen molar-refractivity contribution in [1.82, 2.24) is 19.8 Å². The normalized spacial score (nSPS) is 16.7. The van der Waals surface area contributed by atoms with Gasteiger partial charge in [-0.1, -0.05) is 11.8 Å². The molecule has 1 aromatic heterocycles. The summed E-state index contributed by atoms with van der Waals surface area (Å²) >= 11 is 1.32. The molecular weight excluding hydrogens is 300 g/mol. The van der Waals surface area contributed by atoms with Crippen LogP contribution < -0.4 is 10.9 Å². The molecule has 1 aliphatic rings. The molecule has 0 spiro atoms. The Morgan fingerprint density at radius 2 is 2.14 bits per heavy atom. The maximum absolute atomic E-state index is 12.1. The van der Waals surface area contributed by atoms with Crippen LogP contribution in [0.4, 0.5) is 0 Å². The second-order valence-electron chi connectivity index (χ2n) is 5.68. The summed E-state index contributed by atoms with van der Waals surface area (Å²) in [5.74, 6) is -0.0139. The molecule has 6 nitrogen and oxygen atoms in total. The molecule has 1 N–H and O–H groups in total. The fourth-order valence-electron chi connectivity index (χ4n) is 2.43. The summed E-state index contributed by atoms with van der Waals surface area (Å²) in [6.45, 7) is 7.47. The second-order valence-corrected chi connectivity index (χ2v) is 6.99. The van der Waals surface area contributed by atoms with Gasteiger partial charge in [-0.2, -0.15) is 0 Å². The first-order valence-electron chi connectivity index (χ1n) is 7.69. The topological polar surface area (TPSA) is 67.2 Å². The molecule has 0 aromatic carbocycles. The van der Waals surface area contributed by atoms with Crippen LogP contribution in [0.5, 0.6) is 0 Å². The van der Waals surface area contributed by atoms with E-state index in [0.29, 0.717) is 17.4 Å². The molecule has 22 heavy (non-hydrogen) atoms. The number of aryl methyl sites for hydroxylation is 1. The number of hydrogen-bond donors (Lipinski definition) is 1. The van der Waals surface area contributed by atoms with Crippen LogP contribution in [-0.4, -0.2) is 51.8 Å². The van der Waals surface area contributed by atoms with E-state index in [9.17, 15) is 9.59 Å². The zero-order chi connectivity index (χ0) is 16.1. The summed E-state index contributed by atoms with van der Waals surface area (Å²) in [5.41, 5.74) is 0.573. The predicted octanol–water partition coefficient (Wildman–Crippen LogP) is 0.781. The van der Waals surface area contributed by atoms with E-state index in [-0.39, 0.29) is 16.7 Å². The van der Waals surface area contributed by atoms with E-state index >= 15 is 0 Å². The van der Waals surface area contributed by atoms with Crippen molar-refractivity contribution in [3.8, 4) is 0 Å². The number of rotatable bonds is 6. The minimum Gasteiger partial charge on any atom is -0.354 e. The summed E-state index contributed by atoms with van der Waals surface area (Å²) in [5, 5.41) is 3.26. The van der Waals surface area contributed by atoms with E-state index in [1.165, 1.54) is 35.2 Å². The van der Waals surface area contributed by atoms with Crippen molar-refractivity contribution in [3.05, 3.63) is 22.1 Å². The van der Waals surface area contributed by atoms with Crippen molar-refractivity contribution in [1.29, 1.82) is 0 Å². The van der Waals surface area contributed by atoms with Crippen molar-refractivity contribution in [2.45, 2.75) is 37.1 Å². The highest BCUT2D eigenvalue weighted by Gasteiger charge is 2.18. The third-order valence-corrected chi connectivity index (χ3v) is 4.94. The van der Waals surface area contributed by atoms with Gasteiger partial charge >= 0.3 is 0 Å². The van der Waals surface area contributed by atoms with E-state index in [1.807, 2.05) is 6.92 Å². The van der Waals surface area contributed by atoms with Gasteiger partial charge in [0.25, 0.3) is 5.56 Å². The van der Waals surface area contributed by atoms with Gasteiger partial charge in [-0.25, -0.2) is 4.98 Å². The van der Waals surface area contributed by atoms with Crippen molar-refractivity contribution in [2.24, 2.45) is 7.05 Å². The summed E-state index contributed by atoms with van der Waals surface area (Å²) in [6, 6.07) is 1.49. The Balaban J connectivity index is 1.84. The molecule has 1 amide bonds. The average molecular weight is 324 g/mol. The van der Waals surface area contributed by atoms with Gasteiger partial charge in [0.2, 0.25) is 5.91 Å². The van der Waals surface area contributed by atoms with Gasteiger partial charge in [-0.05, 0) is 39.8 Å². The van der Waals surface area contributed by atoms with Crippen LogP contribution in [0.15, 0.2) is 16.0 Å². The molecule has 122 valence electrons. The lowest BCUT2D eigenvalue weighted by molar-refractivity contribution is -0.120. The molecule has 1 atom stereocenters. The van der Waals surface area contributed by atoms with E-state index in [1.54, 1.807) is 14.0 Å². The molecule has 1 saturated heterocycles. The number of hydrogen-bond acceptors (Lipinski definition) is 5. The number of carbonyl (C=O) groups is 1. The molecule has 1 aromatic rings. The van der Waals surface area contributed by atoms with Gasteiger partial charge in [-0.15, -0.1) is 0 Å². The Labute approximate surface area is 135 Å². The summed E-state index contributed by atoms with van der Waals surface area (Å²) in [4.78, 5) is 30.6. The first kappa shape index (κ1) is 17.0. The number of carbonyl (C=O) groups excluding carboxylic acids is 1. The van der Waals surface area contributed by atoms with Gasteiger partial charge in [-0.3, -0.25) is 14.2 Å². The van der Waals surface area contributed by atoms with Gasteiger partial charge in [0.15, 0.2) is 5.16 Å². The number of aromatic nitrogens is 2. The van der Waals surface area contributed by atoms with Gasteiger partial charge < -0.3 is 10.2 Å². The highest BCUT2D eigenvalue weighted by atomic mass is 32.2. The smallest absolute Gasteiger partial charge is 0.254 e. The predicted molar refractivity (Wildman–Crippen MR) is 88.2 cm³/mol. The highest BCUT2D eigenvalue weighted by Crippen LogP contribution is 2.19. The second kappa shape index (κ2) is 7.78. The third kappa shape index (κ3) is 4.58. The average Bonchev–Trinajstić information content (AvgIpc) is 2.97. The quantitative estimate of drug-likeness (QED) is 0.619. The van der Waals surface area contributed by atoms with E-state index in [0.717, 1.165) is 19.6 Å². The maximum Gasteiger partial charge on any atom is 0.254 e. The van der Waals surface area contributed by atoms with Crippen LogP contribution in [0.2, 0.25) is 0 Å². The molecule has 1 aliphatic heterocycles. The van der Waals surface area contributed by atoms with Crippen molar-refractivity contribution >= 4 is 17.7 Å². The van der Waals surface area contributed by atoms with Crippen molar-refractivity contribution in [2.75, 3.05) is 26.2 Å². The third-order valence-electron chi connectivity index (χ3n) is 3.80. The fraction of sp³-hybridized carbons (Fsp3) is 0.667. The number of thioether (sulfide) groups is 1. The van der Waals surface area contributed by atoms with Crippen LogP contribution in [0.1, 0.15) is 25.5 Å². The molecule has 1 unspecified atom stereocenters. The van der Waals surface area contributed by atoms with Crippen LogP contribution in [0.25, 0.3) is 0 Å². The Kier molecular flexibility index (Phi) is 6.02. The molecule has 2 heterocycles. The molecular formula is C15H24N4O2S. The minimum absolute atomic E-state index is 0.0139. The van der Waals surface area contributed by atoms with Gasteiger partial charge in [0.05, 0.1) is 5.25 Å². The summed E-state index contributed by atoms with van der Waals surface area (Å²) < 4.78 is 1.48. The number of nitrogens with zero attached hydrogens (tertiary/aromatic N) is 3. The largest absolute Gasteiger partial charge is 0.354 e. The van der Waals surface area contributed by atoms with Crippen LogP contribution in [0, 0.1) is 6.92 Å². The first-order chi connectivity index (χ1) is 10.5.